The number of hydrogen-bond donors (Lipinski definition) is 0. The Kier molecular flexibility index (Phi) is 5.76. The molecular formula is C21H14ClF3N3+. The Morgan fingerprint density at radius 3 is 1.96 bits per heavy atom. The second-order valence-corrected chi connectivity index (χ2v) is 6.26. The smallest absolute Gasteiger partial charge is 0.208 e. The van der Waals surface area contributed by atoms with Crippen LogP contribution in [0.1, 0.15) is 16.7 Å². The van der Waals surface area contributed by atoms with Crippen LogP contribution in [0.3, 0.4) is 0 Å². The van der Waals surface area contributed by atoms with Crippen LogP contribution in [-0.4, -0.2) is 21.8 Å². The molecule has 0 fully saturated rings. The molecule has 0 radical (unpaired) electrons. The zero-order valence-electron chi connectivity index (χ0n) is 14.5. The first-order valence-electron chi connectivity index (χ1n) is 8.27. The number of benzene rings is 2. The second-order valence-electron chi connectivity index (χ2n) is 5.85. The van der Waals surface area contributed by atoms with Crippen LogP contribution in [0.25, 0.3) is 0 Å². The molecule has 0 spiro atoms. The van der Waals surface area contributed by atoms with Gasteiger partial charge >= 0.3 is 12.0 Å². The summed E-state index contributed by atoms with van der Waals surface area (Å²) in [6.07, 6.45) is -3.83. The van der Waals surface area contributed by atoms with Crippen LogP contribution < -0.4 is 0 Å². The Morgan fingerprint density at radius 1 is 1.00 bits per heavy atom. The van der Waals surface area contributed by atoms with Crippen molar-refractivity contribution in [1.82, 2.24) is 4.98 Å². The van der Waals surface area contributed by atoms with E-state index in [2.05, 4.69) is 4.98 Å². The number of rotatable bonds is 4. The number of halogens is 4. The van der Waals surface area contributed by atoms with Gasteiger partial charge in [0.2, 0.25) is 0 Å². The molecule has 1 aromatic heterocycles. The van der Waals surface area contributed by atoms with Crippen molar-refractivity contribution in [2.45, 2.75) is 6.18 Å². The zero-order valence-corrected chi connectivity index (χ0v) is 15.2. The van der Waals surface area contributed by atoms with Crippen molar-refractivity contribution in [3.05, 3.63) is 94.6 Å². The van der Waals surface area contributed by atoms with Crippen LogP contribution in [0.5, 0.6) is 0 Å². The van der Waals surface area contributed by atoms with Gasteiger partial charge in [0, 0.05) is 11.1 Å². The number of hydrogen-bond acceptors (Lipinski definition) is 2. The van der Waals surface area contributed by atoms with Gasteiger partial charge in [-0.15, -0.1) is 0 Å². The van der Waals surface area contributed by atoms with E-state index in [4.69, 9.17) is 11.6 Å². The molecule has 140 valence electrons. The van der Waals surface area contributed by atoms with E-state index in [-0.39, 0.29) is 17.4 Å². The SMILES string of the molecule is N#CC[N+](=C(c1ccccc1)c1ccccc1)c1ncc(C(F)(F)F)cc1Cl. The van der Waals surface area contributed by atoms with E-state index >= 15 is 0 Å². The molecule has 0 unspecified atom stereocenters. The highest BCUT2D eigenvalue weighted by Crippen LogP contribution is 2.33. The van der Waals surface area contributed by atoms with Gasteiger partial charge in [-0.05, 0) is 11.1 Å². The fourth-order valence-corrected chi connectivity index (χ4v) is 3.05. The molecule has 0 amide bonds. The Balaban J connectivity index is 2.30. The lowest BCUT2D eigenvalue weighted by molar-refractivity contribution is -0.429. The molecule has 28 heavy (non-hydrogen) atoms. The minimum absolute atomic E-state index is 0.0823. The van der Waals surface area contributed by atoms with Crippen LogP contribution in [0.2, 0.25) is 5.02 Å². The van der Waals surface area contributed by atoms with E-state index in [0.29, 0.717) is 5.71 Å². The summed E-state index contributed by atoms with van der Waals surface area (Å²) in [7, 11) is 0. The average molecular weight is 401 g/mol. The Hall–Kier alpha value is -3.17. The van der Waals surface area contributed by atoms with Gasteiger partial charge in [0.25, 0.3) is 0 Å². The molecule has 0 atom stereocenters. The summed E-state index contributed by atoms with van der Waals surface area (Å²) in [5, 5.41) is 9.17. The van der Waals surface area contributed by atoms with Crippen LogP contribution in [0, 0.1) is 11.3 Å². The first-order chi connectivity index (χ1) is 13.4. The standard InChI is InChI=1S/C21H14ClF3N3/c22-18-13-17(21(23,24)25)14-27-20(18)28(12-11-26)19(15-7-3-1-4-8-15)16-9-5-2-6-10-16/h1-10,13-14H,12H2/q+1. The molecule has 0 saturated carbocycles. The minimum atomic E-state index is -4.55. The van der Waals surface area contributed by atoms with Crippen molar-refractivity contribution in [2.75, 3.05) is 6.54 Å². The normalized spacial score (nSPS) is 11.0. The summed E-state index contributed by atoms with van der Waals surface area (Å²) in [6, 6.07) is 21.3. The molecule has 7 heteroatoms. The molecule has 0 aliphatic rings. The largest absolute Gasteiger partial charge is 0.420 e. The lowest BCUT2D eigenvalue weighted by Gasteiger charge is -2.12. The van der Waals surface area contributed by atoms with Crippen LogP contribution >= 0.6 is 11.6 Å². The van der Waals surface area contributed by atoms with Crippen molar-refractivity contribution < 1.29 is 17.7 Å². The molecule has 0 aliphatic heterocycles. The third kappa shape index (κ3) is 4.21. The van der Waals surface area contributed by atoms with Crippen LogP contribution in [0.15, 0.2) is 72.9 Å². The summed E-state index contributed by atoms with van der Waals surface area (Å²) in [5.74, 6) is 0.0823. The lowest BCUT2D eigenvalue weighted by atomic mass is 10.0. The quantitative estimate of drug-likeness (QED) is 0.331. The van der Waals surface area contributed by atoms with E-state index < -0.39 is 11.7 Å². The maximum absolute atomic E-state index is 13.0. The number of pyridine rings is 1. The summed E-state index contributed by atoms with van der Waals surface area (Å²) >= 11 is 6.16. The molecule has 0 bridgehead atoms. The highest BCUT2D eigenvalue weighted by atomic mass is 35.5. The van der Waals surface area contributed by atoms with Gasteiger partial charge in [0.05, 0.1) is 0 Å². The highest BCUT2D eigenvalue weighted by Gasteiger charge is 2.34. The van der Waals surface area contributed by atoms with Crippen molar-refractivity contribution in [2.24, 2.45) is 0 Å². The van der Waals surface area contributed by atoms with Crippen molar-refractivity contribution >= 4 is 23.1 Å². The fourth-order valence-electron chi connectivity index (χ4n) is 2.79. The van der Waals surface area contributed by atoms with Gasteiger partial charge in [-0.2, -0.15) is 18.4 Å². The first-order valence-corrected chi connectivity index (χ1v) is 8.64. The summed E-state index contributed by atoms with van der Waals surface area (Å²) in [6.45, 7) is -0.142. The average Bonchev–Trinajstić information content (AvgIpc) is 2.69. The summed E-state index contributed by atoms with van der Waals surface area (Å²) in [4.78, 5) is 3.94. The van der Waals surface area contributed by atoms with Crippen LogP contribution in [-0.2, 0) is 6.18 Å². The minimum Gasteiger partial charge on any atom is -0.208 e. The molecular weight excluding hydrogens is 387 g/mol. The van der Waals surface area contributed by atoms with Crippen molar-refractivity contribution in [3.8, 4) is 6.07 Å². The monoisotopic (exact) mass is 400 g/mol. The first kappa shape index (κ1) is 19.6. The van der Waals surface area contributed by atoms with Crippen LogP contribution in [0.4, 0.5) is 19.0 Å². The Bertz CT molecular complexity index is 998. The maximum Gasteiger partial charge on any atom is 0.420 e. The molecule has 0 saturated heterocycles. The Morgan fingerprint density at radius 2 is 1.54 bits per heavy atom. The summed E-state index contributed by atoms with van der Waals surface area (Å²) < 4.78 is 40.4. The third-order valence-corrected chi connectivity index (χ3v) is 4.28. The number of alkyl halides is 3. The van der Waals surface area contributed by atoms with E-state index in [1.165, 1.54) is 4.58 Å². The second kappa shape index (κ2) is 8.24. The van der Waals surface area contributed by atoms with E-state index in [9.17, 15) is 18.4 Å². The van der Waals surface area contributed by atoms with E-state index in [1.807, 2.05) is 66.7 Å². The highest BCUT2D eigenvalue weighted by molar-refractivity contribution is 6.32. The van der Waals surface area contributed by atoms with E-state index in [0.717, 1.165) is 23.4 Å². The molecule has 3 aromatic rings. The van der Waals surface area contributed by atoms with Crippen molar-refractivity contribution in [1.29, 1.82) is 5.26 Å². The third-order valence-electron chi connectivity index (χ3n) is 4.00. The molecule has 0 N–H and O–H groups in total. The Labute approximate surface area is 165 Å². The van der Waals surface area contributed by atoms with Crippen molar-refractivity contribution in [3.63, 3.8) is 0 Å². The fraction of sp³-hybridized carbons (Fsp3) is 0.0952. The van der Waals surface area contributed by atoms with Gasteiger partial charge in [-0.1, -0.05) is 72.3 Å². The number of nitrogens with zero attached hydrogens (tertiary/aromatic N) is 3. The lowest BCUT2D eigenvalue weighted by Crippen LogP contribution is -2.21. The predicted octanol–water partition coefficient (Wildman–Crippen LogP) is 5.46. The van der Waals surface area contributed by atoms with Gasteiger partial charge < -0.3 is 0 Å². The molecule has 3 nitrogen and oxygen atoms in total. The molecule has 1 heterocycles. The molecule has 0 aliphatic carbocycles. The van der Waals surface area contributed by atoms with E-state index in [1.54, 1.807) is 0 Å². The summed E-state index contributed by atoms with van der Waals surface area (Å²) in [5.41, 5.74) is 1.24. The van der Waals surface area contributed by atoms with Gasteiger partial charge in [0.1, 0.15) is 22.4 Å². The maximum atomic E-state index is 13.0. The topological polar surface area (TPSA) is 39.7 Å². The molecule has 2 aromatic carbocycles. The van der Waals surface area contributed by atoms with Gasteiger partial charge in [-0.25, -0.2) is 4.58 Å². The van der Waals surface area contributed by atoms with Gasteiger partial charge in [-0.3, -0.25) is 0 Å². The predicted molar refractivity (Wildman–Crippen MR) is 101 cm³/mol. The van der Waals surface area contributed by atoms with Gasteiger partial charge in [0.15, 0.2) is 12.7 Å². The molecule has 3 rings (SSSR count). The number of nitriles is 1. The zero-order chi connectivity index (χ0) is 20.1. The number of aromatic nitrogens is 1.